The number of hydrogen-bond donors (Lipinski definition) is 3. The van der Waals surface area contributed by atoms with Crippen molar-refractivity contribution < 1.29 is 4.79 Å². The second kappa shape index (κ2) is 8.02. The molecule has 4 heteroatoms. The molecule has 0 saturated carbocycles. The lowest BCUT2D eigenvalue weighted by Gasteiger charge is -2.23. The fourth-order valence-electron chi connectivity index (χ4n) is 2.61. The van der Waals surface area contributed by atoms with Crippen LogP contribution in [0.5, 0.6) is 0 Å². The second-order valence-electron chi connectivity index (χ2n) is 5.38. The largest absolute Gasteiger partial charge is 0.352 e. The predicted molar refractivity (Wildman–Crippen MR) is 82.2 cm³/mol. The summed E-state index contributed by atoms with van der Waals surface area (Å²) in [6, 6.07) is 8.08. The minimum absolute atomic E-state index is 0.0226. The van der Waals surface area contributed by atoms with Crippen molar-refractivity contribution in [1.82, 2.24) is 16.0 Å². The summed E-state index contributed by atoms with van der Waals surface area (Å²) in [5.74, 6) is 0.617. The van der Waals surface area contributed by atoms with Crippen LogP contribution < -0.4 is 16.0 Å². The number of piperidine rings is 1. The van der Waals surface area contributed by atoms with Crippen molar-refractivity contribution in [3.05, 3.63) is 35.4 Å². The molecular weight excluding hydrogens is 250 g/mol. The smallest absolute Gasteiger partial charge is 0.251 e. The minimum atomic E-state index is 0.0226. The number of carbonyl (C=O) groups is 1. The minimum Gasteiger partial charge on any atom is -0.352 e. The Bertz CT molecular complexity index is 410. The topological polar surface area (TPSA) is 53.2 Å². The Kier molecular flexibility index (Phi) is 6.02. The van der Waals surface area contributed by atoms with E-state index in [2.05, 4.69) is 28.1 Å². The maximum Gasteiger partial charge on any atom is 0.251 e. The normalized spacial score (nSPS) is 18.8. The number of amides is 1. The molecule has 2 rings (SSSR count). The molecule has 1 aromatic rings. The molecule has 1 aliphatic heterocycles. The van der Waals surface area contributed by atoms with E-state index in [1.807, 2.05) is 19.2 Å². The highest BCUT2D eigenvalue weighted by Crippen LogP contribution is 2.23. The number of benzene rings is 1. The van der Waals surface area contributed by atoms with Crippen molar-refractivity contribution in [2.75, 3.05) is 33.2 Å². The molecule has 0 aliphatic carbocycles. The molecule has 1 atom stereocenters. The number of nitrogens with one attached hydrogen (secondary N) is 3. The van der Waals surface area contributed by atoms with E-state index in [1.165, 1.54) is 18.4 Å². The van der Waals surface area contributed by atoms with E-state index in [0.717, 1.165) is 31.6 Å². The molecule has 1 unspecified atom stereocenters. The van der Waals surface area contributed by atoms with Gasteiger partial charge in [0.1, 0.15) is 0 Å². The Hall–Kier alpha value is -1.39. The molecule has 1 aromatic carbocycles. The SMILES string of the molecule is CNCCCNC(=O)c1ccc(C2CCCNC2)cc1. The van der Waals surface area contributed by atoms with Crippen molar-refractivity contribution in [2.45, 2.75) is 25.2 Å². The maximum atomic E-state index is 12.0. The van der Waals surface area contributed by atoms with Gasteiger partial charge in [-0.25, -0.2) is 0 Å². The lowest BCUT2D eigenvalue weighted by Crippen LogP contribution is -2.28. The molecule has 1 fully saturated rings. The molecule has 20 heavy (non-hydrogen) atoms. The van der Waals surface area contributed by atoms with E-state index in [9.17, 15) is 4.79 Å². The van der Waals surface area contributed by atoms with Crippen molar-refractivity contribution in [3.63, 3.8) is 0 Å². The van der Waals surface area contributed by atoms with Gasteiger partial charge in [-0.1, -0.05) is 12.1 Å². The molecule has 0 aromatic heterocycles. The van der Waals surface area contributed by atoms with Crippen LogP contribution in [0.25, 0.3) is 0 Å². The van der Waals surface area contributed by atoms with E-state index in [0.29, 0.717) is 12.5 Å². The zero-order valence-corrected chi connectivity index (χ0v) is 12.2. The number of rotatable bonds is 6. The summed E-state index contributed by atoms with van der Waals surface area (Å²) >= 11 is 0. The molecule has 0 spiro atoms. The van der Waals surface area contributed by atoms with E-state index in [1.54, 1.807) is 0 Å². The number of carbonyl (C=O) groups excluding carboxylic acids is 1. The van der Waals surface area contributed by atoms with Gasteiger partial charge in [0, 0.05) is 18.7 Å². The summed E-state index contributed by atoms with van der Waals surface area (Å²) in [5, 5.41) is 9.43. The zero-order chi connectivity index (χ0) is 14.2. The summed E-state index contributed by atoms with van der Waals surface area (Å²) in [7, 11) is 1.92. The Morgan fingerprint density at radius 2 is 2.10 bits per heavy atom. The fraction of sp³-hybridized carbons (Fsp3) is 0.562. The van der Waals surface area contributed by atoms with Gasteiger partial charge in [0.2, 0.25) is 0 Å². The summed E-state index contributed by atoms with van der Waals surface area (Å²) < 4.78 is 0. The van der Waals surface area contributed by atoms with Gasteiger partial charge in [-0.2, -0.15) is 0 Å². The van der Waals surface area contributed by atoms with Crippen LogP contribution in [0.4, 0.5) is 0 Å². The quantitative estimate of drug-likeness (QED) is 0.690. The molecule has 3 N–H and O–H groups in total. The van der Waals surface area contributed by atoms with E-state index < -0.39 is 0 Å². The van der Waals surface area contributed by atoms with Crippen molar-refractivity contribution in [1.29, 1.82) is 0 Å². The van der Waals surface area contributed by atoms with Gasteiger partial charge < -0.3 is 16.0 Å². The molecule has 0 bridgehead atoms. The maximum absolute atomic E-state index is 12.0. The molecule has 1 saturated heterocycles. The Morgan fingerprint density at radius 3 is 2.75 bits per heavy atom. The Labute approximate surface area is 121 Å². The molecule has 4 nitrogen and oxygen atoms in total. The van der Waals surface area contributed by atoms with E-state index in [4.69, 9.17) is 0 Å². The van der Waals surface area contributed by atoms with Gasteiger partial charge >= 0.3 is 0 Å². The molecule has 0 radical (unpaired) electrons. The number of hydrogen-bond acceptors (Lipinski definition) is 3. The monoisotopic (exact) mass is 275 g/mol. The molecule has 110 valence electrons. The predicted octanol–water partition coefficient (Wildman–Crippen LogP) is 1.49. The first-order chi connectivity index (χ1) is 9.81. The Morgan fingerprint density at radius 1 is 1.30 bits per heavy atom. The van der Waals surface area contributed by atoms with Crippen LogP contribution in [0.1, 0.15) is 41.1 Å². The van der Waals surface area contributed by atoms with Crippen molar-refractivity contribution in [2.24, 2.45) is 0 Å². The molecular formula is C16H25N3O. The highest BCUT2D eigenvalue weighted by molar-refractivity contribution is 5.94. The molecule has 1 amide bonds. The zero-order valence-electron chi connectivity index (χ0n) is 12.2. The van der Waals surface area contributed by atoms with Crippen LogP contribution in [-0.2, 0) is 0 Å². The molecule has 1 heterocycles. The molecule has 1 aliphatic rings. The van der Waals surface area contributed by atoms with E-state index >= 15 is 0 Å². The van der Waals surface area contributed by atoms with Gasteiger partial charge in [-0.05, 0) is 63.0 Å². The lowest BCUT2D eigenvalue weighted by atomic mass is 9.91. The third-order valence-electron chi connectivity index (χ3n) is 3.83. The third-order valence-corrected chi connectivity index (χ3v) is 3.83. The first-order valence-electron chi connectivity index (χ1n) is 7.54. The fourth-order valence-corrected chi connectivity index (χ4v) is 2.61. The van der Waals surface area contributed by atoms with Gasteiger partial charge in [0.25, 0.3) is 5.91 Å². The van der Waals surface area contributed by atoms with Gasteiger partial charge in [0.15, 0.2) is 0 Å². The highest BCUT2D eigenvalue weighted by Gasteiger charge is 2.15. The summed E-state index contributed by atoms with van der Waals surface area (Å²) in [6.45, 7) is 3.82. The second-order valence-corrected chi connectivity index (χ2v) is 5.38. The van der Waals surface area contributed by atoms with Crippen LogP contribution in [0.2, 0.25) is 0 Å². The van der Waals surface area contributed by atoms with E-state index in [-0.39, 0.29) is 5.91 Å². The summed E-state index contributed by atoms with van der Waals surface area (Å²) in [5.41, 5.74) is 2.09. The van der Waals surface area contributed by atoms with Crippen LogP contribution in [0.15, 0.2) is 24.3 Å². The van der Waals surface area contributed by atoms with Gasteiger partial charge in [-0.3, -0.25) is 4.79 Å². The van der Waals surface area contributed by atoms with Gasteiger partial charge in [-0.15, -0.1) is 0 Å². The van der Waals surface area contributed by atoms with Crippen LogP contribution in [-0.4, -0.2) is 39.1 Å². The van der Waals surface area contributed by atoms with Crippen molar-refractivity contribution in [3.8, 4) is 0 Å². The van der Waals surface area contributed by atoms with Crippen molar-refractivity contribution >= 4 is 5.91 Å². The summed E-state index contributed by atoms with van der Waals surface area (Å²) in [6.07, 6.45) is 3.43. The van der Waals surface area contributed by atoms with Crippen LogP contribution >= 0.6 is 0 Å². The lowest BCUT2D eigenvalue weighted by molar-refractivity contribution is 0.0953. The van der Waals surface area contributed by atoms with Gasteiger partial charge in [0.05, 0.1) is 0 Å². The first kappa shape index (κ1) is 15.0. The van der Waals surface area contributed by atoms with Crippen LogP contribution in [0, 0.1) is 0 Å². The van der Waals surface area contributed by atoms with Crippen LogP contribution in [0.3, 0.4) is 0 Å². The average Bonchev–Trinajstić information content (AvgIpc) is 2.52. The third kappa shape index (κ3) is 4.32. The highest BCUT2D eigenvalue weighted by atomic mass is 16.1. The summed E-state index contributed by atoms with van der Waals surface area (Å²) in [4.78, 5) is 12.0. The Balaban J connectivity index is 1.85. The first-order valence-corrected chi connectivity index (χ1v) is 7.54. The average molecular weight is 275 g/mol. The standard InChI is InChI=1S/C16H25N3O/c1-17-9-3-11-19-16(20)14-7-5-13(6-8-14)15-4-2-10-18-12-15/h5-8,15,17-18H,2-4,9-12H2,1H3,(H,19,20).